The number of rotatable bonds is 4. The van der Waals surface area contributed by atoms with Gasteiger partial charge in [0.1, 0.15) is 6.29 Å². The Morgan fingerprint density at radius 2 is 2.00 bits per heavy atom. The van der Waals surface area contributed by atoms with Crippen LogP contribution >= 0.6 is 0 Å². The number of hydrogen-bond acceptors (Lipinski definition) is 3. The highest BCUT2D eigenvalue weighted by molar-refractivity contribution is 5.77. The summed E-state index contributed by atoms with van der Waals surface area (Å²) in [5.74, 6) is 0.920. The number of carbonyl (C=O) groups is 1. The van der Waals surface area contributed by atoms with Gasteiger partial charge in [-0.1, -0.05) is 20.3 Å². The number of nitrogens with one attached hydrogen (secondary N) is 2. The van der Waals surface area contributed by atoms with Crippen LogP contribution in [-0.4, -0.2) is 36.2 Å². The highest BCUT2D eigenvalue weighted by Crippen LogP contribution is 2.16. The molecule has 104 valence electrons. The van der Waals surface area contributed by atoms with Gasteiger partial charge in [-0.25, -0.2) is 0 Å². The predicted octanol–water partition coefficient (Wildman–Crippen LogP) is 1.67. The van der Waals surface area contributed by atoms with Crippen molar-refractivity contribution in [3.8, 4) is 0 Å². The van der Waals surface area contributed by atoms with E-state index in [1.807, 2.05) is 0 Å². The summed E-state index contributed by atoms with van der Waals surface area (Å²) in [5, 5.41) is 6.68. The molecule has 2 heterocycles. The largest absolute Gasteiger partial charge is 0.328 e. The summed E-state index contributed by atoms with van der Waals surface area (Å²) in [6.07, 6.45) is 6.84. The van der Waals surface area contributed by atoms with E-state index in [9.17, 15) is 4.79 Å². The summed E-state index contributed by atoms with van der Waals surface area (Å²) in [6, 6.07) is 0.355. The third kappa shape index (κ3) is 3.95. The van der Waals surface area contributed by atoms with Gasteiger partial charge >= 0.3 is 0 Å². The Labute approximate surface area is 110 Å². The molecule has 0 aliphatic carbocycles. The van der Waals surface area contributed by atoms with Crippen LogP contribution in [0.1, 0.15) is 52.4 Å². The van der Waals surface area contributed by atoms with Crippen LogP contribution in [-0.2, 0) is 4.79 Å². The Hall–Kier alpha value is -0.610. The summed E-state index contributed by atoms with van der Waals surface area (Å²) < 4.78 is 0. The molecular weight excluding hydrogens is 226 g/mol. The molecule has 4 nitrogen and oxygen atoms in total. The lowest BCUT2D eigenvalue weighted by molar-refractivity contribution is -0.127. The smallest absolute Gasteiger partial charge is 0.223 e. The molecular formula is C14H27N3O. The summed E-state index contributed by atoms with van der Waals surface area (Å²) in [5.41, 5.74) is 0. The molecule has 18 heavy (non-hydrogen) atoms. The summed E-state index contributed by atoms with van der Waals surface area (Å²) in [4.78, 5) is 14.2. The van der Waals surface area contributed by atoms with E-state index in [1.54, 1.807) is 0 Å². The van der Waals surface area contributed by atoms with Gasteiger partial charge in [0.15, 0.2) is 0 Å². The van der Waals surface area contributed by atoms with Crippen molar-refractivity contribution in [2.75, 3.05) is 13.1 Å². The van der Waals surface area contributed by atoms with Gasteiger partial charge in [-0.05, 0) is 31.6 Å². The van der Waals surface area contributed by atoms with Gasteiger partial charge in [0.2, 0.25) is 5.91 Å². The van der Waals surface area contributed by atoms with E-state index in [4.69, 9.17) is 0 Å². The molecule has 2 unspecified atom stereocenters. The molecule has 2 fully saturated rings. The van der Waals surface area contributed by atoms with E-state index >= 15 is 0 Å². The molecule has 0 aromatic heterocycles. The van der Waals surface area contributed by atoms with Crippen molar-refractivity contribution >= 4 is 5.91 Å². The second-order valence-electron chi connectivity index (χ2n) is 6.11. The van der Waals surface area contributed by atoms with Crippen molar-refractivity contribution in [2.24, 2.45) is 5.92 Å². The highest BCUT2D eigenvalue weighted by Gasteiger charge is 2.29. The lowest BCUT2D eigenvalue weighted by Gasteiger charge is -2.40. The minimum Gasteiger partial charge on any atom is -0.328 e. The second-order valence-corrected chi connectivity index (χ2v) is 6.11. The van der Waals surface area contributed by atoms with E-state index in [-0.39, 0.29) is 12.2 Å². The van der Waals surface area contributed by atoms with Crippen LogP contribution in [0.5, 0.6) is 0 Å². The van der Waals surface area contributed by atoms with Gasteiger partial charge in [-0.3, -0.25) is 15.0 Å². The van der Waals surface area contributed by atoms with Gasteiger partial charge in [-0.15, -0.1) is 0 Å². The van der Waals surface area contributed by atoms with Crippen LogP contribution < -0.4 is 10.6 Å². The van der Waals surface area contributed by atoms with Crippen LogP contribution in [0.3, 0.4) is 0 Å². The van der Waals surface area contributed by atoms with E-state index in [1.165, 1.54) is 25.7 Å². The number of nitrogens with zero attached hydrogens (tertiary/aromatic N) is 1. The summed E-state index contributed by atoms with van der Waals surface area (Å²) in [6.45, 7) is 6.69. The molecule has 0 spiro atoms. The number of carbonyl (C=O) groups excluding carboxylic acids is 1. The molecule has 0 saturated carbocycles. The zero-order chi connectivity index (χ0) is 13.0. The topological polar surface area (TPSA) is 44.4 Å². The molecule has 2 rings (SSSR count). The van der Waals surface area contributed by atoms with E-state index < -0.39 is 0 Å². The Morgan fingerprint density at radius 3 is 2.67 bits per heavy atom. The molecule has 2 aliphatic heterocycles. The first-order valence-electron chi connectivity index (χ1n) is 7.44. The first-order chi connectivity index (χ1) is 8.65. The fourth-order valence-corrected chi connectivity index (χ4v) is 2.85. The van der Waals surface area contributed by atoms with Gasteiger partial charge in [0, 0.05) is 25.6 Å². The molecule has 0 bridgehead atoms. The van der Waals surface area contributed by atoms with Gasteiger partial charge < -0.3 is 5.32 Å². The Balaban J connectivity index is 1.85. The van der Waals surface area contributed by atoms with E-state index in [2.05, 4.69) is 29.4 Å². The lowest BCUT2D eigenvalue weighted by atomic mass is 9.99. The first-order valence-corrected chi connectivity index (χ1v) is 7.44. The number of likely N-dealkylation sites (tertiary alicyclic amines) is 1. The maximum absolute atomic E-state index is 11.8. The van der Waals surface area contributed by atoms with Crippen molar-refractivity contribution in [3.05, 3.63) is 0 Å². The van der Waals surface area contributed by atoms with Gasteiger partial charge in [0.25, 0.3) is 0 Å². The van der Waals surface area contributed by atoms with Crippen molar-refractivity contribution in [2.45, 2.75) is 64.7 Å². The van der Waals surface area contributed by atoms with E-state index in [0.717, 1.165) is 19.5 Å². The zero-order valence-corrected chi connectivity index (χ0v) is 11.7. The maximum Gasteiger partial charge on any atom is 0.223 e. The van der Waals surface area contributed by atoms with Crippen LogP contribution in [0.15, 0.2) is 0 Å². The van der Waals surface area contributed by atoms with Crippen molar-refractivity contribution in [3.63, 3.8) is 0 Å². The van der Waals surface area contributed by atoms with Crippen LogP contribution in [0.2, 0.25) is 0 Å². The standard InChI is InChI=1S/C14H27N3O/c1-11(2)6-7-12-10-13(18)16-14(15-12)17-8-4-3-5-9-17/h11-12,14-15H,3-10H2,1-2H3,(H,16,18). The molecule has 2 N–H and O–H groups in total. The SMILES string of the molecule is CC(C)CCC1CC(=O)NC(N2CCCCC2)N1. The summed E-state index contributed by atoms with van der Waals surface area (Å²) in [7, 11) is 0. The Bertz CT molecular complexity index is 274. The van der Waals surface area contributed by atoms with Gasteiger partial charge in [0.05, 0.1) is 0 Å². The Morgan fingerprint density at radius 1 is 1.28 bits per heavy atom. The Kier molecular flexibility index (Phi) is 5.01. The average Bonchev–Trinajstić information content (AvgIpc) is 2.37. The first kappa shape index (κ1) is 13.8. The quantitative estimate of drug-likeness (QED) is 0.801. The fourth-order valence-electron chi connectivity index (χ4n) is 2.85. The monoisotopic (exact) mass is 253 g/mol. The van der Waals surface area contributed by atoms with Crippen molar-refractivity contribution in [1.29, 1.82) is 0 Å². The number of hydrogen-bond donors (Lipinski definition) is 2. The lowest BCUT2D eigenvalue weighted by Crippen LogP contribution is -2.64. The third-order valence-electron chi connectivity index (χ3n) is 3.97. The van der Waals surface area contributed by atoms with Crippen LogP contribution in [0.25, 0.3) is 0 Å². The molecule has 0 aromatic rings. The molecule has 0 aromatic carbocycles. The zero-order valence-electron chi connectivity index (χ0n) is 11.7. The highest BCUT2D eigenvalue weighted by atomic mass is 16.2. The molecule has 4 heteroatoms. The average molecular weight is 253 g/mol. The molecule has 2 saturated heterocycles. The number of amides is 1. The molecule has 0 radical (unpaired) electrons. The van der Waals surface area contributed by atoms with Crippen molar-refractivity contribution < 1.29 is 4.79 Å². The van der Waals surface area contributed by atoms with Crippen LogP contribution in [0, 0.1) is 5.92 Å². The molecule has 2 atom stereocenters. The normalized spacial score (nSPS) is 30.5. The fraction of sp³-hybridized carbons (Fsp3) is 0.929. The van der Waals surface area contributed by atoms with Crippen molar-refractivity contribution in [1.82, 2.24) is 15.5 Å². The predicted molar refractivity (Wildman–Crippen MR) is 73.0 cm³/mol. The van der Waals surface area contributed by atoms with Crippen LogP contribution in [0.4, 0.5) is 0 Å². The molecule has 1 amide bonds. The second kappa shape index (κ2) is 6.53. The third-order valence-corrected chi connectivity index (χ3v) is 3.97. The minimum absolute atomic E-state index is 0.0729. The maximum atomic E-state index is 11.8. The minimum atomic E-state index is 0.0729. The van der Waals surface area contributed by atoms with E-state index in [0.29, 0.717) is 18.4 Å². The summed E-state index contributed by atoms with van der Waals surface area (Å²) >= 11 is 0. The number of piperidine rings is 1. The molecule has 2 aliphatic rings. The van der Waals surface area contributed by atoms with Gasteiger partial charge in [-0.2, -0.15) is 0 Å².